The van der Waals surface area contributed by atoms with Gasteiger partial charge in [0.2, 0.25) is 5.91 Å². The molecule has 0 aliphatic carbocycles. The second-order valence-corrected chi connectivity index (χ2v) is 3.87. The lowest BCUT2D eigenvalue weighted by molar-refractivity contribution is -0.121. The largest absolute Gasteiger partial charge is 0.355 e. The Kier molecular flexibility index (Phi) is 4.91. The monoisotopic (exact) mass is 274 g/mol. The van der Waals surface area contributed by atoms with Gasteiger partial charge in [-0.15, -0.1) is 0 Å². The molecule has 0 bridgehead atoms. The van der Waals surface area contributed by atoms with Crippen molar-refractivity contribution in [2.24, 2.45) is 0 Å². The van der Waals surface area contributed by atoms with Crippen molar-refractivity contribution in [1.29, 1.82) is 0 Å². The fourth-order valence-electron chi connectivity index (χ4n) is 1.44. The molecule has 0 unspecified atom stereocenters. The first-order valence-corrected chi connectivity index (χ1v) is 5.53. The van der Waals surface area contributed by atoms with Crippen LogP contribution in [0.4, 0.5) is 13.2 Å². The molecule has 0 radical (unpaired) electrons. The zero-order valence-electron chi connectivity index (χ0n) is 10.5. The van der Waals surface area contributed by atoms with Crippen LogP contribution in [0.2, 0.25) is 0 Å². The zero-order valence-corrected chi connectivity index (χ0v) is 10.5. The average Bonchev–Trinajstić information content (AvgIpc) is 2.34. The Morgan fingerprint density at radius 3 is 2.21 bits per heavy atom. The van der Waals surface area contributed by atoms with Gasteiger partial charge in [-0.05, 0) is 19.1 Å². The summed E-state index contributed by atoms with van der Waals surface area (Å²) in [5, 5.41) is 2.47. The average molecular weight is 274 g/mol. The number of carbonyl (C=O) groups is 2. The van der Waals surface area contributed by atoms with Gasteiger partial charge in [-0.2, -0.15) is 0 Å². The van der Waals surface area contributed by atoms with Gasteiger partial charge in [-0.1, -0.05) is 0 Å². The van der Waals surface area contributed by atoms with Crippen LogP contribution in [-0.4, -0.2) is 36.9 Å². The van der Waals surface area contributed by atoms with Gasteiger partial charge in [0.05, 0.1) is 6.54 Å². The van der Waals surface area contributed by atoms with Gasteiger partial charge in [-0.25, -0.2) is 13.2 Å². The third-order valence-electron chi connectivity index (χ3n) is 2.33. The van der Waals surface area contributed by atoms with E-state index in [9.17, 15) is 22.8 Å². The van der Waals surface area contributed by atoms with Crippen LogP contribution in [0, 0.1) is 17.5 Å². The van der Waals surface area contributed by atoms with E-state index in [2.05, 4.69) is 5.32 Å². The Labute approximate surface area is 108 Å². The Hall–Kier alpha value is -2.05. The van der Waals surface area contributed by atoms with Crippen LogP contribution < -0.4 is 5.32 Å². The van der Waals surface area contributed by atoms with Crippen LogP contribution in [0.5, 0.6) is 0 Å². The van der Waals surface area contributed by atoms with Crippen molar-refractivity contribution in [1.82, 2.24) is 10.2 Å². The van der Waals surface area contributed by atoms with Gasteiger partial charge in [0.15, 0.2) is 17.5 Å². The first-order valence-electron chi connectivity index (χ1n) is 5.53. The van der Waals surface area contributed by atoms with Crippen LogP contribution in [0.25, 0.3) is 0 Å². The summed E-state index contributed by atoms with van der Waals surface area (Å²) in [6.45, 7) is 1.86. The highest BCUT2D eigenvalue weighted by molar-refractivity contribution is 5.96. The number of carbonyl (C=O) groups excluding carboxylic acids is 2. The highest BCUT2D eigenvalue weighted by Gasteiger charge is 2.19. The highest BCUT2D eigenvalue weighted by atomic mass is 19.2. The summed E-state index contributed by atoms with van der Waals surface area (Å²) in [5.41, 5.74) is -0.358. The normalized spacial score (nSPS) is 10.2. The smallest absolute Gasteiger partial charge is 0.254 e. The van der Waals surface area contributed by atoms with E-state index in [0.29, 0.717) is 18.7 Å². The number of rotatable bonds is 4. The second-order valence-electron chi connectivity index (χ2n) is 3.87. The van der Waals surface area contributed by atoms with E-state index in [1.807, 2.05) is 0 Å². The van der Waals surface area contributed by atoms with Crippen molar-refractivity contribution < 1.29 is 22.8 Å². The maximum Gasteiger partial charge on any atom is 0.254 e. The van der Waals surface area contributed by atoms with Gasteiger partial charge in [0.1, 0.15) is 0 Å². The predicted octanol–water partition coefficient (Wildman–Crippen LogP) is 1.31. The third kappa shape index (κ3) is 3.70. The van der Waals surface area contributed by atoms with Crippen molar-refractivity contribution in [2.45, 2.75) is 6.92 Å². The summed E-state index contributed by atoms with van der Waals surface area (Å²) in [5.74, 6) is -5.71. The molecule has 0 heterocycles. The van der Waals surface area contributed by atoms with E-state index in [1.165, 1.54) is 7.05 Å². The molecule has 1 rings (SSSR count). The van der Waals surface area contributed by atoms with Crippen molar-refractivity contribution in [3.63, 3.8) is 0 Å². The number of hydrogen-bond donors (Lipinski definition) is 1. The van der Waals surface area contributed by atoms with E-state index in [4.69, 9.17) is 0 Å². The van der Waals surface area contributed by atoms with E-state index < -0.39 is 29.3 Å². The maximum atomic E-state index is 13.0. The molecule has 1 aromatic carbocycles. The van der Waals surface area contributed by atoms with Gasteiger partial charge in [-0.3, -0.25) is 9.59 Å². The summed E-state index contributed by atoms with van der Waals surface area (Å²) < 4.78 is 38.7. The lowest BCUT2D eigenvalue weighted by Crippen LogP contribution is -2.38. The van der Waals surface area contributed by atoms with Crippen LogP contribution in [0.15, 0.2) is 12.1 Å². The Balaban J connectivity index is 2.85. The molecule has 19 heavy (non-hydrogen) atoms. The van der Waals surface area contributed by atoms with E-state index >= 15 is 0 Å². The molecule has 0 fully saturated rings. The lowest BCUT2D eigenvalue weighted by atomic mass is 10.2. The molecule has 0 aromatic heterocycles. The summed E-state index contributed by atoms with van der Waals surface area (Å²) in [6.07, 6.45) is 0. The SMILES string of the molecule is CCNC(=O)CN(C)C(=O)c1cc(F)c(F)c(F)c1. The van der Waals surface area contributed by atoms with Crippen molar-refractivity contribution in [3.05, 3.63) is 35.1 Å². The Morgan fingerprint density at radius 2 is 1.74 bits per heavy atom. The highest BCUT2D eigenvalue weighted by Crippen LogP contribution is 2.14. The lowest BCUT2D eigenvalue weighted by Gasteiger charge is -2.16. The molecule has 0 saturated carbocycles. The van der Waals surface area contributed by atoms with Gasteiger partial charge in [0, 0.05) is 19.2 Å². The van der Waals surface area contributed by atoms with Crippen molar-refractivity contribution >= 4 is 11.8 Å². The number of benzene rings is 1. The molecule has 7 heteroatoms. The summed E-state index contributed by atoms with van der Waals surface area (Å²) in [6, 6.07) is 1.18. The standard InChI is InChI=1S/C12H13F3N2O2/c1-3-16-10(18)6-17(2)12(19)7-4-8(13)11(15)9(14)5-7/h4-5H,3,6H2,1-2H3,(H,16,18). The van der Waals surface area contributed by atoms with E-state index in [1.54, 1.807) is 6.92 Å². The fraction of sp³-hybridized carbons (Fsp3) is 0.333. The summed E-state index contributed by atoms with van der Waals surface area (Å²) in [4.78, 5) is 24.0. The van der Waals surface area contributed by atoms with Crippen molar-refractivity contribution in [3.8, 4) is 0 Å². The number of nitrogens with one attached hydrogen (secondary N) is 1. The molecule has 104 valence electrons. The number of halogens is 3. The molecule has 0 saturated heterocycles. The Bertz CT molecular complexity index is 483. The molecular formula is C12H13F3N2O2. The van der Waals surface area contributed by atoms with Gasteiger partial charge < -0.3 is 10.2 Å². The minimum atomic E-state index is -1.64. The van der Waals surface area contributed by atoms with Crippen LogP contribution in [-0.2, 0) is 4.79 Å². The predicted molar refractivity (Wildman–Crippen MR) is 62.0 cm³/mol. The third-order valence-corrected chi connectivity index (χ3v) is 2.33. The quantitative estimate of drug-likeness (QED) is 0.842. The maximum absolute atomic E-state index is 13.0. The zero-order chi connectivity index (χ0) is 14.6. The minimum absolute atomic E-state index is 0.257. The molecule has 2 amide bonds. The van der Waals surface area contributed by atoms with E-state index in [-0.39, 0.29) is 12.1 Å². The number of nitrogens with zero attached hydrogens (tertiary/aromatic N) is 1. The molecule has 1 N–H and O–H groups in total. The van der Waals surface area contributed by atoms with Gasteiger partial charge in [0.25, 0.3) is 5.91 Å². The van der Waals surface area contributed by atoms with Crippen molar-refractivity contribution in [2.75, 3.05) is 20.1 Å². The number of amides is 2. The topological polar surface area (TPSA) is 49.4 Å². The molecule has 0 aliphatic heterocycles. The molecule has 0 spiro atoms. The van der Waals surface area contributed by atoms with Crippen LogP contribution >= 0.6 is 0 Å². The molecule has 0 aliphatic rings. The first-order chi connectivity index (χ1) is 8.86. The molecule has 0 atom stereocenters. The first kappa shape index (κ1) is 15.0. The van der Waals surface area contributed by atoms with Gasteiger partial charge >= 0.3 is 0 Å². The molecule has 4 nitrogen and oxygen atoms in total. The summed E-state index contributed by atoms with van der Waals surface area (Å²) >= 11 is 0. The number of hydrogen-bond acceptors (Lipinski definition) is 2. The number of likely N-dealkylation sites (N-methyl/N-ethyl adjacent to an activating group) is 2. The fourth-order valence-corrected chi connectivity index (χ4v) is 1.44. The van der Waals surface area contributed by atoms with Crippen LogP contribution in [0.1, 0.15) is 17.3 Å². The minimum Gasteiger partial charge on any atom is -0.355 e. The molecular weight excluding hydrogens is 261 g/mol. The molecule has 1 aromatic rings. The Morgan fingerprint density at radius 1 is 1.21 bits per heavy atom. The summed E-state index contributed by atoms with van der Waals surface area (Å²) in [7, 11) is 1.30. The van der Waals surface area contributed by atoms with Crippen LogP contribution in [0.3, 0.4) is 0 Å². The second kappa shape index (κ2) is 6.21. The van der Waals surface area contributed by atoms with E-state index in [0.717, 1.165) is 4.90 Å².